The highest BCUT2D eigenvalue weighted by molar-refractivity contribution is 6.30. The van der Waals surface area contributed by atoms with Gasteiger partial charge < -0.3 is 4.42 Å². The molecule has 0 saturated heterocycles. The maximum atomic E-state index is 12.2. The van der Waals surface area contributed by atoms with E-state index in [0.29, 0.717) is 17.3 Å². The van der Waals surface area contributed by atoms with E-state index in [9.17, 15) is 4.79 Å². The minimum atomic E-state index is -0.0954. The normalized spacial score (nSPS) is 10.5. The van der Waals surface area contributed by atoms with Gasteiger partial charge in [0.25, 0.3) is 0 Å². The number of rotatable bonds is 4. The summed E-state index contributed by atoms with van der Waals surface area (Å²) in [5.74, 6) is 0.560. The monoisotopic (exact) mass is 297 g/mol. The zero-order chi connectivity index (χ0) is 14.7. The fraction of sp³-hybridized carbons (Fsp3) is 0.0588. The highest BCUT2D eigenvalue weighted by Crippen LogP contribution is 2.23. The molecule has 2 aromatic carbocycles. The molecule has 21 heavy (non-hydrogen) atoms. The fourth-order valence-electron chi connectivity index (χ4n) is 2.03. The van der Waals surface area contributed by atoms with E-state index in [0.717, 1.165) is 11.1 Å². The summed E-state index contributed by atoms with van der Waals surface area (Å²) in [6, 6.07) is 16.7. The van der Waals surface area contributed by atoms with Crippen LogP contribution in [0, 0.1) is 0 Å². The SMILES string of the molecule is O=C(Cc1ccccc1)c1cnc(-c2cccc(Cl)c2)o1. The molecule has 0 N–H and O–H groups in total. The van der Waals surface area contributed by atoms with Crippen LogP contribution in [0.4, 0.5) is 0 Å². The molecule has 3 nitrogen and oxygen atoms in total. The number of oxazole rings is 1. The van der Waals surface area contributed by atoms with Crippen molar-refractivity contribution in [2.45, 2.75) is 6.42 Å². The van der Waals surface area contributed by atoms with Gasteiger partial charge in [0.15, 0.2) is 5.76 Å². The van der Waals surface area contributed by atoms with Gasteiger partial charge in [-0.25, -0.2) is 4.98 Å². The third-order valence-electron chi connectivity index (χ3n) is 3.06. The number of benzene rings is 2. The van der Waals surface area contributed by atoms with Gasteiger partial charge in [0, 0.05) is 17.0 Å². The molecule has 0 aliphatic rings. The summed E-state index contributed by atoms with van der Waals surface area (Å²) >= 11 is 5.94. The molecule has 0 fully saturated rings. The Labute approximate surface area is 127 Å². The predicted octanol–water partition coefficient (Wildman–Crippen LogP) is 4.42. The van der Waals surface area contributed by atoms with E-state index >= 15 is 0 Å². The van der Waals surface area contributed by atoms with Crippen molar-refractivity contribution in [2.75, 3.05) is 0 Å². The molecule has 104 valence electrons. The molecule has 0 aliphatic carbocycles. The summed E-state index contributed by atoms with van der Waals surface area (Å²) in [5, 5.41) is 0.600. The van der Waals surface area contributed by atoms with Crippen LogP contribution in [0.25, 0.3) is 11.5 Å². The minimum Gasteiger partial charge on any atom is -0.433 e. The molecular weight excluding hydrogens is 286 g/mol. The number of nitrogens with zero attached hydrogens (tertiary/aromatic N) is 1. The molecule has 0 aliphatic heterocycles. The molecule has 0 bridgehead atoms. The first-order valence-electron chi connectivity index (χ1n) is 6.51. The van der Waals surface area contributed by atoms with Gasteiger partial charge in [-0.05, 0) is 23.8 Å². The van der Waals surface area contributed by atoms with Crippen LogP contribution in [0.5, 0.6) is 0 Å². The highest BCUT2D eigenvalue weighted by atomic mass is 35.5. The van der Waals surface area contributed by atoms with Crippen LogP contribution >= 0.6 is 11.6 Å². The molecule has 0 amide bonds. The molecule has 0 saturated carbocycles. The summed E-state index contributed by atoms with van der Waals surface area (Å²) in [4.78, 5) is 16.3. The smallest absolute Gasteiger partial charge is 0.226 e. The zero-order valence-corrected chi connectivity index (χ0v) is 11.9. The second-order valence-electron chi connectivity index (χ2n) is 4.63. The first-order chi connectivity index (χ1) is 10.2. The predicted molar refractivity (Wildman–Crippen MR) is 81.4 cm³/mol. The molecule has 0 radical (unpaired) electrons. The lowest BCUT2D eigenvalue weighted by Gasteiger charge is -1.98. The van der Waals surface area contributed by atoms with E-state index in [-0.39, 0.29) is 11.5 Å². The van der Waals surface area contributed by atoms with Gasteiger partial charge in [0.2, 0.25) is 11.7 Å². The molecule has 4 heteroatoms. The van der Waals surface area contributed by atoms with Crippen molar-refractivity contribution in [1.82, 2.24) is 4.98 Å². The number of carbonyl (C=O) groups excluding carboxylic acids is 1. The van der Waals surface area contributed by atoms with Gasteiger partial charge in [0.05, 0.1) is 6.20 Å². The van der Waals surface area contributed by atoms with Crippen LogP contribution in [0.3, 0.4) is 0 Å². The maximum Gasteiger partial charge on any atom is 0.226 e. The Balaban J connectivity index is 1.80. The molecule has 1 aromatic heterocycles. The average Bonchev–Trinajstić information content (AvgIpc) is 2.98. The topological polar surface area (TPSA) is 43.1 Å². The van der Waals surface area contributed by atoms with Crippen LogP contribution in [0.2, 0.25) is 5.02 Å². The lowest BCUT2D eigenvalue weighted by atomic mass is 10.1. The number of Topliss-reactive ketones (excluding diaryl/α,β-unsaturated/α-hetero) is 1. The maximum absolute atomic E-state index is 12.2. The van der Waals surface area contributed by atoms with Crippen LogP contribution in [0.15, 0.2) is 65.2 Å². The minimum absolute atomic E-state index is 0.0954. The molecule has 1 heterocycles. The molecule has 3 aromatic rings. The van der Waals surface area contributed by atoms with Crippen LogP contribution in [-0.2, 0) is 6.42 Å². The Morgan fingerprint density at radius 2 is 1.90 bits per heavy atom. The number of halogens is 1. The van der Waals surface area contributed by atoms with Crippen molar-refractivity contribution < 1.29 is 9.21 Å². The van der Waals surface area contributed by atoms with Gasteiger partial charge in [-0.15, -0.1) is 0 Å². The number of carbonyl (C=O) groups is 1. The fourth-order valence-corrected chi connectivity index (χ4v) is 2.22. The summed E-state index contributed by atoms with van der Waals surface area (Å²) in [5.41, 5.74) is 1.70. The van der Waals surface area contributed by atoms with E-state index in [2.05, 4.69) is 4.98 Å². The van der Waals surface area contributed by atoms with Gasteiger partial charge in [-0.3, -0.25) is 4.79 Å². The third kappa shape index (κ3) is 3.20. The van der Waals surface area contributed by atoms with Crippen molar-refractivity contribution >= 4 is 17.4 Å². The quantitative estimate of drug-likeness (QED) is 0.669. The summed E-state index contributed by atoms with van der Waals surface area (Å²) in [6.07, 6.45) is 1.76. The van der Waals surface area contributed by atoms with Gasteiger partial charge in [-0.1, -0.05) is 48.0 Å². The largest absolute Gasteiger partial charge is 0.433 e. The van der Waals surface area contributed by atoms with Crippen molar-refractivity contribution in [3.8, 4) is 11.5 Å². The Morgan fingerprint density at radius 3 is 2.67 bits per heavy atom. The standard InChI is InChI=1S/C17H12ClNO2/c18-14-8-4-7-13(10-14)17-19-11-16(21-17)15(20)9-12-5-2-1-3-6-12/h1-8,10-11H,9H2. The third-order valence-corrected chi connectivity index (χ3v) is 3.29. The first-order valence-corrected chi connectivity index (χ1v) is 6.89. The van der Waals surface area contributed by atoms with Crippen LogP contribution < -0.4 is 0 Å². The van der Waals surface area contributed by atoms with Gasteiger partial charge >= 0.3 is 0 Å². The Bertz CT molecular complexity index is 765. The number of aromatic nitrogens is 1. The Morgan fingerprint density at radius 1 is 1.10 bits per heavy atom. The van der Waals surface area contributed by atoms with Crippen LogP contribution in [0.1, 0.15) is 16.1 Å². The summed E-state index contributed by atoms with van der Waals surface area (Å²) in [7, 11) is 0. The number of hydrogen-bond donors (Lipinski definition) is 0. The van der Waals surface area contributed by atoms with Crippen molar-refractivity contribution in [3.63, 3.8) is 0 Å². The van der Waals surface area contributed by atoms with E-state index in [1.165, 1.54) is 6.20 Å². The lowest BCUT2D eigenvalue weighted by Crippen LogP contribution is -2.01. The number of ketones is 1. The van der Waals surface area contributed by atoms with E-state index in [1.54, 1.807) is 12.1 Å². The molecule has 3 rings (SSSR count). The van der Waals surface area contributed by atoms with Gasteiger partial charge in [-0.2, -0.15) is 0 Å². The zero-order valence-electron chi connectivity index (χ0n) is 11.1. The van der Waals surface area contributed by atoms with Crippen molar-refractivity contribution in [2.24, 2.45) is 0 Å². The van der Waals surface area contributed by atoms with E-state index in [4.69, 9.17) is 16.0 Å². The molecular formula is C17H12ClNO2. The van der Waals surface area contributed by atoms with Crippen molar-refractivity contribution in [1.29, 1.82) is 0 Å². The second-order valence-corrected chi connectivity index (χ2v) is 5.06. The molecule has 0 atom stereocenters. The summed E-state index contributed by atoms with van der Waals surface area (Å²) in [6.45, 7) is 0. The lowest BCUT2D eigenvalue weighted by molar-refractivity contribution is 0.0967. The summed E-state index contributed by atoms with van der Waals surface area (Å²) < 4.78 is 5.54. The Kier molecular flexibility index (Phi) is 3.84. The molecule has 0 unspecified atom stereocenters. The molecule has 0 spiro atoms. The van der Waals surface area contributed by atoms with Crippen molar-refractivity contribution in [3.05, 3.63) is 77.1 Å². The highest BCUT2D eigenvalue weighted by Gasteiger charge is 2.14. The first kappa shape index (κ1) is 13.6. The Hall–Kier alpha value is -2.39. The average molecular weight is 298 g/mol. The van der Waals surface area contributed by atoms with E-state index < -0.39 is 0 Å². The number of hydrogen-bond acceptors (Lipinski definition) is 3. The van der Waals surface area contributed by atoms with Crippen LogP contribution in [-0.4, -0.2) is 10.8 Å². The van der Waals surface area contributed by atoms with E-state index in [1.807, 2.05) is 42.5 Å². The van der Waals surface area contributed by atoms with Gasteiger partial charge in [0.1, 0.15) is 0 Å². The second kappa shape index (κ2) is 5.94.